The second-order valence-corrected chi connectivity index (χ2v) is 5.23. The third-order valence-corrected chi connectivity index (χ3v) is 3.65. The van der Waals surface area contributed by atoms with Gasteiger partial charge in [-0.25, -0.2) is 0 Å². The highest BCUT2D eigenvalue weighted by Gasteiger charge is 2.20. The molecule has 0 saturated carbocycles. The third kappa shape index (κ3) is 3.16. The Morgan fingerprint density at radius 2 is 2.00 bits per heavy atom. The van der Waals surface area contributed by atoms with Crippen LogP contribution in [0.1, 0.15) is 13.8 Å². The summed E-state index contributed by atoms with van der Waals surface area (Å²) in [5, 5.41) is 7.70. The molecule has 0 amide bonds. The van der Waals surface area contributed by atoms with E-state index < -0.39 is 0 Å². The van der Waals surface area contributed by atoms with Crippen molar-refractivity contribution in [2.45, 2.75) is 13.8 Å². The largest absolute Gasteiger partial charge is 0.423 e. The molecule has 8 heteroatoms. The third-order valence-electron chi connectivity index (χ3n) is 3.43. The van der Waals surface area contributed by atoms with Gasteiger partial charge in [0.25, 0.3) is 6.01 Å². The van der Waals surface area contributed by atoms with Gasteiger partial charge in [-0.15, -0.1) is 0 Å². The van der Waals surface area contributed by atoms with E-state index in [1.54, 1.807) is 12.1 Å². The van der Waals surface area contributed by atoms with Crippen LogP contribution in [0.15, 0.2) is 27.5 Å². The van der Waals surface area contributed by atoms with E-state index in [1.165, 1.54) is 6.39 Å². The standard InChI is InChI=1S/C13H12ClN5O2.C2H6/c14-8-5-9(12-16-7-20-18-12)11-10(6-8)17-13(21-11)19-3-1-15-2-4-19;1-2/h5-7,15H,1-4H2;1-2H3. The number of fused-ring (bicyclic) bond motifs is 1. The summed E-state index contributed by atoms with van der Waals surface area (Å²) in [6.45, 7) is 7.55. The van der Waals surface area contributed by atoms with Crippen LogP contribution in [0.5, 0.6) is 0 Å². The quantitative estimate of drug-likeness (QED) is 0.771. The summed E-state index contributed by atoms with van der Waals surface area (Å²) < 4.78 is 10.7. The van der Waals surface area contributed by atoms with Gasteiger partial charge in [0.2, 0.25) is 12.2 Å². The molecule has 122 valence electrons. The number of anilines is 1. The fourth-order valence-corrected chi connectivity index (χ4v) is 2.65. The first kappa shape index (κ1) is 15.8. The van der Waals surface area contributed by atoms with Crippen LogP contribution < -0.4 is 10.2 Å². The van der Waals surface area contributed by atoms with Crippen molar-refractivity contribution in [3.8, 4) is 11.4 Å². The van der Waals surface area contributed by atoms with Crippen LogP contribution >= 0.6 is 11.6 Å². The number of halogens is 1. The number of oxazole rings is 1. The zero-order chi connectivity index (χ0) is 16.2. The molecule has 7 nitrogen and oxygen atoms in total. The number of nitrogens with zero attached hydrogens (tertiary/aromatic N) is 4. The Bertz CT molecular complexity index is 766. The van der Waals surface area contributed by atoms with Gasteiger partial charge in [-0.2, -0.15) is 9.97 Å². The fourth-order valence-electron chi connectivity index (χ4n) is 2.43. The van der Waals surface area contributed by atoms with Gasteiger partial charge in [-0.3, -0.25) is 0 Å². The molecular formula is C15H18ClN5O2. The first-order chi connectivity index (χ1) is 11.3. The van der Waals surface area contributed by atoms with E-state index in [-0.39, 0.29) is 0 Å². The summed E-state index contributed by atoms with van der Waals surface area (Å²) in [6.07, 6.45) is 1.27. The second-order valence-electron chi connectivity index (χ2n) is 4.79. The summed E-state index contributed by atoms with van der Waals surface area (Å²) in [5.41, 5.74) is 1.99. The van der Waals surface area contributed by atoms with Crippen LogP contribution in [0.25, 0.3) is 22.5 Å². The van der Waals surface area contributed by atoms with Crippen molar-refractivity contribution in [2.24, 2.45) is 0 Å². The van der Waals surface area contributed by atoms with Crippen molar-refractivity contribution in [3.05, 3.63) is 23.5 Å². The van der Waals surface area contributed by atoms with Crippen molar-refractivity contribution >= 4 is 28.7 Å². The summed E-state index contributed by atoms with van der Waals surface area (Å²) in [6, 6.07) is 4.12. The number of benzene rings is 1. The number of nitrogens with one attached hydrogen (secondary N) is 1. The first-order valence-corrected chi connectivity index (χ1v) is 8.01. The molecule has 3 heterocycles. The van der Waals surface area contributed by atoms with Crippen molar-refractivity contribution in [2.75, 3.05) is 31.1 Å². The molecule has 1 saturated heterocycles. The predicted molar refractivity (Wildman–Crippen MR) is 88.7 cm³/mol. The van der Waals surface area contributed by atoms with E-state index in [1.807, 2.05) is 13.8 Å². The van der Waals surface area contributed by atoms with Crippen LogP contribution in [0, 0.1) is 0 Å². The van der Waals surface area contributed by atoms with E-state index in [0.717, 1.165) is 26.2 Å². The Kier molecular flexibility index (Phi) is 4.78. The van der Waals surface area contributed by atoms with E-state index >= 15 is 0 Å². The summed E-state index contributed by atoms with van der Waals surface area (Å²) in [5.74, 6) is 0.436. The lowest BCUT2D eigenvalue weighted by Gasteiger charge is -2.25. The van der Waals surface area contributed by atoms with E-state index in [2.05, 4.69) is 25.3 Å². The number of aromatic nitrogens is 3. The zero-order valence-corrected chi connectivity index (χ0v) is 13.8. The number of hydrogen-bond donors (Lipinski definition) is 1. The Hall–Kier alpha value is -2.12. The maximum atomic E-state index is 6.14. The van der Waals surface area contributed by atoms with Gasteiger partial charge < -0.3 is 19.2 Å². The van der Waals surface area contributed by atoms with Crippen molar-refractivity contribution in [1.29, 1.82) is 0 Å². The lowest BCUT2D eigenvalue weighted by molar-refractivity contribution is 0.418. The van der Waals surface area contributed by atoms with Crippen LogP contribution in [0.2, 0.25) is 5.02 Å². The normalized spacial score (nSPS) is 14.7. The number of piperazine rings is 1. The smallest absolute Gasteiger partial charge is 0.298 e. The lowest BCUT2D eigenvalue weighted by Crippen LogP contribution is -2.43. The highest BCUT2D eigenvalue weighted by molar-refractivity contribution is 6.31. The summed E-state index contributed by atoms with van der Waals surface area (Å²) >= 11 is 6.14. The van der Waals surface area contributed by atoms with Gasteiger partial charge in [-0.1, -0.05) is 30.6 Å². The molecule has 3 aromatic rings. The Morgan fingerprint density at radius 3 is 2.70 bits per heavy atom. The maximum Gasteiger partial charge on any atom is 0.298 e. The summed E-state index contributed by atoms with van der Waals surface area (Å²) in [4.78, 5) is 10.7. The molecule has 2 aromatic heterocycles. The highest BCUT2D eigenvalue weighted by Crippen LogP contribution is 2.33. The minimum atomic E-state index is 0.436. The molecule has 1 aliphatic heterocycles. The molecule has 0 bridgehead atoms. The molecule has 1 N–H and O–H groups in total. The fraction of sp³-hybridized carbons (Fsp3) is 0.400. The molecule has 23 heavy (non-hydrogen) atoms. The Morgan fingerprint density at radius 1 is 1.22 bits per heavy atom. The average Bonchev–Trinajstić information content (AvgIpc) is 3.26. The SMILES string of the molecule is CC.Clc1cc(-c2ncon2)c2oc(N3CCNCC3)nc2c1. The molecule has 4 rings (SSSR count). The first-order valence-electron chi connectivity index (χ1n) is 7.64. The second kappa shape index (κ2) is 6.97. The molecule has 1 fully saturated rings. The van der Waals surface area contributed by atoms with Gasteiger partial charge in [0, 0.05) is 31.2 Å². The lowest BCUT2D eigenvalue weighted by atomic mass is 10.2. The van der Waals surface area contributed by atoms with Crippen molar-refractivity contribution in [1.82, 2.24) is 20.4 Å². The minimum Gasteiger partial charge on any atom is -0.423 e. The van der Waals surface area contributed by atoms with E-state index in [0.29, 0.717) is 33.5 Å². The molecular weight excluding hydrogens is 318 g/mol. The van der Waals surface area contributed by atoms with Gasteiger partial charge in [-0.05, 0) is 12.1 Å². The zero-order valence-electron chi connectivity index (χ0n) is 13.0. The molecule has 1 aliphatic rings. The van der Waals surface area contributed by atoms with Crippen LogP contribution in [0.3, 0.4) is 0 Å². The van der Waals surface area contributed by atoms with Gasteiger partial charge in [0.1, 0.15) is 5.52 Å². The number of hydrogen-bond acceptors (Lipinski definition) is 7. The van der Waals surface area contributed by atoms with Crippen LogP contribution in [-0.2, 0) is 0 Å². The number of rotatable bonds is 2. The molecule has 0 unspecified atom stereocenters. The Balaban J connectivity index is 0.000000753. The molecule has 0 aliphatic carbocycles. The van der Waals surface area contributed by atoms with Gasteiger partial charge in [0.05, 0.1) is 5.56 Å². The predicted octanol–water partition coefficient (Wildman–Crippen LogP) is 2.97. The van der Waals surface area contributed by atoms with Gasteiger partial charge >= 0.3 is 0 Å². The summed E-state index contributed by atoms with van der Waals surface area (Å²) in [7, 11) is 0. The van der Waals surface area contributed by atoms with E-state index in [4.69, 9.17) is 20.5 Å². The highest BCUT2D eigenvalue weighted by atomic mass is 35.5. The minimum absolute atomic E-state index is 0.436. The van der Waals surface area contributed by atoms with Crippen molar-refractivity contribution in [3.63, 3.8) is 0 Å². The molecule has 0 radical (unpaired) electrons. The van der Waals surface area contributed by atoms with Gasteiger partial charge in [0.15, 0.2) is 5.58 Å². The topological polar surface area (TPSA) is 80.2 Å². The monoisotopic (exact) mass is 335 g/mol. The maximum absolute atomic E-state index is 6.14. The molecule has 0 spiro atoms. The van der Waals surface area contributed by atoms with Crippen LogP contribution in [-0.4, -0.2) is 41.3 Å². The molecule has 0 atom stereocenters. The molecule has 1 aromatic carbocycles. The van der Waals surface area contributed by atoms with E-state index in [9.17, 15) is 0 Å². The van der Waals surface area contributed by atoms with Crippen LogP contribution in [0.4, 0.5) is 6.01 Å². The Labute approximate surface area is 138 Å². The average molecular weight is 336 g/mol. The van der Waals surface area contributed by atoms with Crippen molar-refractivity contribution < 1.29 is 8.94 Å².